The summed E-state index contributed by atoms with van der Waals surface area (Å²) in [5, 5.41) is 10.2. The molecule has 198 valence electrons. The van der Waals surface area contributed by atoms with Crippen LogP contribution in [0.1, 0.15) is 187 Å². The Labute approximate surface area is 210 Å². The highest BCUT2D eigenvalue weighted by Crippen LogP contribution is 2.16. The van der Waals surface area contributed by atoms with E-state index in [0.717, 1.165) is 12.8 Å². The first kappa shape index (κ1) is 32.7. The van der Waals surface area contributed by atoms with Crippen LogP contribution in [0.25, 0.3) is 0 Å². The summed E-state index contributed by atoms with van der Waals surface area (Å²) in [6.07, 6.45) is 41.1. The summed E-state index contributed by atoms with van der Waals surface area (Å²) in [5.74, 6) is 0. The molecule has 0 saturated heterocycles. The van der Waals surface area contributed by atoms with E-state index in [-0.39, 0.29) is 6.10 Å². The number of hydrogen-bond donors (Lipinski definition) is 1. The molecule has 33 heavy (non-hydrogen) atoms. The molecule has 1 atom stereocenters. The molecule has 1 heteroatoms. The largest absolute Gasteiger partial charge is 0.393 e. The van der Waals surface area contributed by atoms with E-state index in [0.29, 0.717) is 0 Å². The van der Waals surface area contributed by atoms with Crippen molar-refractivity contribution < 1.29 is 5.11 Å². The van der Waals surface area contributed by atoms with Gasteiger partial charge < -0.3 is 5.11 Å². The minimum Gasteiger partial charge on any atom is -0.393 e. The lowest BCUT2D eigenvalue weighted by Gasteiger charge is -2.10. The molecule has 0 radical (unpaired) electrons. The van der Waals surface area contributed by atoms with Crippen molar-refractivity contribution in [2.75, 3.05) is 0 Å². The summed E-state index contributed by atoms with van der Waals surface area (Å²) in [5.41, 5.74) is 0. The van der Waals surface area contributed by atoms with Gasteiger partial charge in [-0.05, 0) is 38.5 Å². The first-order valence-electron chi connectivity index (χ1n) is 15.6. The fourth-order valence-electron chi connectivity index (χ4n) is 4.82. The van der Waals surface area contributed by atoms with Crippen LogP contribution < -0.4 is 0 Å². The quantitative estimate of drug-likeness (QED) is 0.0901. The second-order valence-electron chi connectivity index (χ2n) is 10.7. The molecular formula is C32H64O. The van der Waals surface area contributed by atoms with Crippen molar-refractivity contribution in [2.45, 2.75) is 193 Å². The van der Waals surface area contributed by atoms with Crippen LogP contribution in [-0.4, -0.2) is 11.2 Å². The Kier molecular flexibility index (Phi) is 29.5. The van der Waals surface area contributed by atoms with E-state index < -0.39 is 0 Å². The number of hydrogen-bond acceptors (Lipinski definition) is 1. The first-order chi connectivity index (χ1) is 16.3. The maximum absolute atomic E-state index is 10.2. The first-order valence-corrected chi connectivity index (χ1v) is 15.6. The molecule has 0 aromatic carbocycles. The van der Waals surface area contributed by atoms with E-state index in [9.17, 15) is 5.11 Å². The van der Waals surface area contributed by atoms with Crippen LogP contribution in [0, 0.1) is 0 Å². The summed E-state index contributed by atoms with van der Waals surface area (Å²) in [7, 11) is 0. The van der Waals surface area contributed by atoms with Gasteiger partial charge in [0.05, 0.1) is 6.10 Å². The van der Waals surface area contributed by atoms with E-state index in [4.69, 9.17) is 0 Å². The lowest BCUT2D eigenvalue weighted by atomic mass is 10.0. The average Bonchev–Trinajstić information content (AvgIpc) is 2.82. The maximum Gasteiger partial charge on any atom is 0.0540 e. The molecule has 0 aromatic heterocycles. The summed E-state index contributed by atoms with van der Waals surface area (Å²) in [6, 6.07) is 0. The zero-order valence-corrected chi connectivity index (χ0v) is 23.3. The summed E-state index contributed by atoms with van der Waals surface area (Å²) < 4.78 is 0. The number of unbranched alkanes of at least 4 members (excludes halogenated alkanes) is 22. The van der Waals surface area contributed by atoms with Crippen molar-refractivity contribution in [1.82, 2.24) is 0 Å². The Bertz CT molecular complexity index is 362. The van der Waals surface area contributed by atoms with Gasteiger partial charge >= 0.3 is 0 Å². The van der Waals surface area contributed by atoms with Gasteiger partial charge in [-0.3, -0.25) is 0 Å². The van der Waals surface area contributed by atoms with Crippen LogP contribution in [0.3, 0.4) is 0 Å². The lowest BCUT2D eigenvalue weighted by Crippen LogP contribution is -2.05. The SMILES string of the molecule is CCCCCCCCC=CCCCCCCCCC(O)CCCCCCCCCCCCC. The highest BCUT2D eigenvalue weighted by Gasteiger charge is 2.03. The molecule has 0 aliphatic rings. The second-order valence-corrected chi connectivity index (χ2v) is 10.7. The molecule has 0 amide bonds. The molecule has 0 aliphatic heterocycles. The third-order valence-corrected chi connectivity index (χ3v) is 7.19. The number of aliphatic hydroxyl groups excluding tert-OH is 1. The molecule has 0 saturated carbocycles. The predicted octanol–water partition coefficient (Wildman–Crippen LogP) is 11.5. The Morgan fingerprint density at radius 2 is 0.667 bits per heavy atom. The molecule has 0 spiro atoms. The zero-order valence-electron chi connectivity index (χ0n) is 23.3. The third-order valence-electron chi connectivity index (χ3n) is 7.19. The van der Waals surface area contributed by atoms with Crippen LogP contribution >= 0.6 is 0 Å². The fraction of sp³-hybridized carbons (Fsp3) is 0.938. The van der Waals surface area contributed by atoms with Gasteiger partial charge in [0.2, 0.25) is 0 Å². The molecule has 1 unspecified atom stereocenters. The maximum atomic E-state index is 10.2. The van der Waals surface area contributed by atoms with Crippen LogP contribution in [0.5, 0.6) is 0 Å². The Morgan fingerprint density at radius 1 is 0.394 bits per heavy atom. The van der Waals surface area contributed by atoms with E-state index in [1.165, 1.54) is 161 Å². The monoisotopic (exact) mass is 464 g/mol. The van der Waals surface area contributed by atoms with Crippen LogP contribution in [0.4, 0.5) is 0 Å². The van der Waals surface area contributed by atoms with E-state index in [2.05, 4.69) is 26.0 Å². The van der Waals surface area contributed by atoms with Gasteiger partial charge in [0, 0.05) is 0 Å². The van der Waals surface area contributed by atoms with Gasteiger partial charge in [-0.15, -0.1) is 0 Å². The van der Waals surface area contributed by atoms with Gasteiger partial charge in [-0.25, -0.2) is 0 Å². The molecule has 0 bridgehead atoms. The third kappa shape index (κ3) is 29.7. The number of allylic oxidation sites excluding steroid dienone is 2. The van der Waals surface area contributed by atoms with E-state index >= 15 is 0 Å². The van der Waals surface area contributed by atoms with Crippen LogP contribution in [0.2, 0.25) is 0 Å². The fourth-order valence-corrected chi connectivity index (χ4v) is 4.82. The lowest BCUT2D eigenvalue weighted by molar-refractivity contribution is 0.147. The standard InChI is InChI=1S/C32H64O/c1-3-5-7-9-11-13-15-16-17-18-19-21-23-25-27-29-31-32(33)30-28-26-24-22-20-14-12-10-8-6-4-2/h16-17,32-33H,3-15,18-31H2,1-2H3. The highest BCUT2D eigenvalue weighted by molar-refractivity contribution is 4.81. The van der Waals surface area contributed by atoms with E-state index in [1.54, 1.807) is 0 Å². The highest BCUT2D eigenvalue weighted by atomic mass is 16.3. The minimum absolute atomic E-state index is 0.0413. The molecule has 1 N–H and O–H groups in total. The van der Waals surface area contributed by atoms with Gasteiger partial charge in [-0.2, -0.15) is 0 Å². The summed E-state index contributed by atoms with van der Waals surface area (Å²) >= 11 is 0. The number of aliphatic hydroxyl groups is 1. The Balaban J connectivity index is 3.18. The van der Waals surface area contributed by atoms with Crippen LogP contribution in [-0.2, 0) is 0 Å². The smallest absolute Gasteiger partial charge is 0.0540 e. The Morgan fingerprint density at radius 3 is 1.00 bits per heavy atom. The van der Waals surface area contributed by atoms with Crippen molar-refractivity contribution >= 4 is 0 Å². The molecule has 0 fully saturated rings. The molecule has 0 heterocycles. The topological polar surface area (TPSA) is 20.2 Å². The Hall–Kier alpha value is -0.300. The minimum atomic E-state index is -0.0413. The average molecular weight is 465 g/mol. The van der Waals surface area contributed by atoms with Crippen molar-refractivity contribution in [3.05, 3.63) is 12.2 Å². The molecular weight excluding hydrogens is 400 g/mol. The molecule has 1 nitrogen and oxygen atoms in total. The second kappa shape index (κ2) is 29.7. The summed E-state index contributed by atoms with van der Waals surface area (Å²) in [6.45, 7) is 4.57. The van der Waals surface area contributed by atoms with Crippen molar-refractivity contribution in [3.63, 3.8) is 0 Å². The van der Waals surface area contributed by atoms with Crippen molar-refractivity contribution in [3.8, 4) is 0 Å². The zero-order chi connectivity index (χ0) is 24.1. The molecule has 0 aliphatic carbocycles. The van der Waals surface area contributed by atoms with Crippen molar-refractivity contribution in [1.29, 1.82) is 0 Å². The number of rotatable bonds is 28. The van der Waals surface area contributed by atoms with Gasteiger partial charge in [0.1, 0.15) is 0 Å². The van der Waals surface area contributed by atoms with Crippen molar-refractivity contribution in [2.24, 2.45) is 0 Å². The van der Waals surface area contributed by atoms with Gasteiger partial charge in [0.15, 0.2) is 0 Å². The van der Waals surface area contributed by atoms with Gasteiger partial charge in [0.25, 0.3) is 0 Å². The predicted molar refractivity (Wildman–Crippen MR) is 151 cm³/mol. The van der Waals surface area contributed by atoms with E-state index in [1.807, 2.05) is 0 Å². The molecule has 0 aromatic rings. The van der Waals surface area contributed by atoms with Gasteiger partial charge in [-0.1, -0.05) is 161 Å². The van der Waals surface area contributed by atoms with Crippen LogP contribution in [0.15, 0.2) is 12.2 Å². The normalized spacial score (nSPS) is 12.7. The molecule has 0 rings (SSSR count). The summed E-state index contributed by atoms with van der Waals surface area (Å²) in [4.78, 5) is 0.